The van der Waals surface area contributed by atoms with Crippen molar-refractivity contribution in [3.63, 3.8) is 0 Å². The van der Waals surface area contributed by atoms with E-state index in [0.29, 0.717) is 5.02 Å². The van der Waals surface area contributed by atoms with Crippen molar-refractivity contribution in [2.45, 2.75) is 13.5 Å². The van der Waals surface area contributed by atoms with Crippen molar-refractivity contribution < 1.29 is 5.11 Å². The number of para-hydroxylation sites is 2. The maximum Gasteiger partial charge on any atom is 0.111 e. The summed E-state index contributed by atoms with van der Waals surface area (Å²) in [4.78, 5) is 4.53. The Kier molecular flexibility index (Phi) is 3.01. The molecule has 0 atom stereocenters. The maximum atomic E-state index is 9.54. The maximum absolute atomic E-state index is 9.54. The first kappa shape index (κ1) is 12.2. The van der Waals surface area contributed by atoms with Gasteiger partial charge in [-0.05, 0) is 31.2 Å². The lowest BCUT2D eigenvalue weighted by Gasteiger charge is -2.12. The fraction of sp³-hybridized carbons (Fsp3) is 0.133. The Morgan fingerprint density at radius 1 is 1.16 bits per heavy atom. The van der Waals surface area contributed by atoms with E-state index in [1.165, 1.54) is 0 Å². The van der Waals surface area contributed by atoms with E-state index in [1.807, 2.05) is 47.9 Å². The lowest BCUT2D eigenvalue weighted by atomic mass is 10.1. The van der Waals surface area contributed by atoms with Crippen LogP contribution in [0.15, 0.2) is 42.5 Å². The minimum absolute atomic E-state index is 0.0963. The highest BCUT2D eigenvalue weighted by atomic mass is 35.5. The molecule has 19 heavy (non-hydrogen) atoms. The Labute approximate surface area is 116 Å². The number of imidazole rings is 1. The molecule has 0 spiro atoms. The summed E-state index contributed by atoms with van der Waals surface area (Å²) in [6, 6.07) is 13.5. The van der Waals surface area contributed by atoms with Gasteiger partial charge in [0.25, 0.3) is 0 Å². The standard InChI is InChI=1S/C15H13ClN2O/c1-10-17-13-6-2-3-7-15(13)18(10)14-8-4-5-12(16)11(14)9-19/h2-8,19H,9H2,1H3. The molecule has 3 aromatic rings. The van der Waals surface area contributed by atoms with E-state index >= 15 is 0 Å². The average Bonchev–Trinajstić information content (AvgIpc) is 2.74. The predicted octanol–water partition coefficient (Wildman–Crippen LogP) is 3.48. The van der Waals surface area contributed by atoms with Gasteiger partial charge in [0.15, 0.2) is 0 Å². The van der Waals surface area contributed by atoms with Gasteiger partial charge in [0, 0.05) is 10.6 Å². The van der Waals surface area contributed by atoms with E-state index in [2.05, 4.69) is 4.98 Å². The molecule has 4 heteroatoms. The van der Waals surface area contributed by atoms with Crippen molar-refractivity contribution in [3.05, 3.63) is 58.9 Å². The molecule has 96 valence electrons. The van der Waals surface area contributed by atoms with Crippen molar-refractivity contribution in [3.8, 4) is 5.69 Å². The van der Waals surface area contributed by atoms with Crippen molar-refractivity contribution in [2.24, 2.45) is 0 Å². The number of aliphatic hydroxyl groups is 1. The first-order chi connectivity index (χ1) is 9.22. The van der Waals surface area contributed by atoms with E-state index in [4.69, 9.17) is 11.6 Å². The molecule has 0 unspecified atom stereocenters. The summed E-state index contributed by atoms with van der Waals surface area (Å²) in [6.07, 6.45) is 0. The molecule has 0 aliphatic rings. The number of aromatic nitrogens is 2. The van der Waals surface area contributed by atoms with Gasteiger partial charge in [0.2, 0.25) is 0 Å². The number of hydrogen-bond acceptors (Lipinski definition) is 2. The fourth-order valence-corrected chi connectivity index (χ4v) is 2.59. The van der Waals surface area contributed by atoms with Crippen LogP contribution in [0.5, 0.6) is 0 Å². The molecule has 0 fully saturated rings. The smallest absolute Gasteiger partial charge is 0.111 e. The Hall–Kier alpha value is -1.84. The second kappa shape index (κ2) is 4.68. The topological polar surface area (TPSA) is 38.0 Å². The summed E-state index contributed by atoms with van der Waals surface area (Å²) in [5, 5.41) is 10.1. The molecule has 3 nitrogen and oxygen atoms in total. The zero-order valence-corrected chi connectivity index (χ0v) is 11.2. The van der Waals surface area contributed by atoms with Crippen LogP contribution in [0.1, 0.15) is 11.4 Å². The normalized spacial score (nSPS) is 11.1. The first-order valence-electron chi connectivity index (χ1n) is 6.05. The minimum Gasteiger partial charge on any atom is -0.392 e. The van der Waals surface area contributed by atoms with Gasteiger partial charge >= 0.3 is 0 Å². The van der Waals surface area contributed by atoms with Crippen LogP contribution in [0.25, 0.3) is 16.7 Å². The van der Waals surface area contributed by atoms with Gasteiger partial charge in [-0.15, -0.1) is 0 Å². The van der Waals surface area contributed by atoms with Crippen LogP contribution in [0.2, 0.25) is 5.02 Å². The summed E-state index contributed by atoms with van der Waals surface area (Å²) in [7, 11) is 0. The van der Waals surface area contributed by atoms with Gasteiger partial charge in [-0.3, -0.25) is 4.57 Å². The van der Waals surface area contributed by atoms with Crippen LogP contribution in [0.3, 0.4) is 0 Å². The van der Waals surface area contributed by atoms with Gasteiger partial charge in [-0.1, -0.05) is 29.8 Å². The number of hydrogen-bond donors (Lipinski definition) is 1. The second-order valence-electron chi connectivity index (χ2n) is 4.38. The van der Waals surface area contributed by atoms with E-state index in [1.54, 1.807) is 6.07 Å². The molecule has 0 saturated carbocycles. The van der Waals surface area contributed by atoms with Crippen LogP contribution in [-0.2, 0) is 6.61 Å². The Balaban J connectivity index is 2.36. The van der Waals surface area contributed by atoms with Crippen molar-refractivity contribution >= 4 is 22.6 Å². The number of benzene rings is 2. The van der Waals surface area contributed by atoms with Crippen LogP contribution in [0.4, 0.5) is 0 Å². The molecular formula is C15H13ClN2O. The van der Waals surface area contributed by atoms with E-state index in [0.717, 1.165) is 28.1 Å². The Morgan fingerprint density at radius 2 is 1.95 bits per heavy atom. The largest absolute Gasteiger partial charge is 0.392 e. The highest BCUT2D eigenvalue weighted by Crippen LogP contribution is 2.27. The van der Waals surface area contributed by atoms with Gasteiger partial charge in [-0.2, -0.15) is 0 Å². The van der Waals surface area contributed by atoms with Crippen molar-refractivity contribution in [1.29, 1.82) is 0 Å². The molecule has 1 N–H and O–H groups in total. The van der Waals surface area contributed by atoms with Crippen molar-refractivity contribution in [1.82, 2.24) is 9.55 Å². The molecule has 1 aromatic heterocycles. The van der Waals surface area contributed by atoms with E-state index in [9.17, 15) is 5.11 Å². The number of fused-ring (bicyclic) bond motifs is 1. The molecule has 0 radical (unpaired) electrons. The van der Waals surface area contributed by atoms with Crippen LogP contribution >= 0.6 is 11.6 Å². The highest BCUT2D eigenvalue weighted by Gasteiger charge is 2.13. The molecule has 0 aliphatic heterocycles. The molecule has 2 aromatic carbocycles. The van der Waals surface area contributed by atoms with Gasteiger partial charge in [-0.25, -0.2) is 4.98 Å². The number of aliphatic hydroxyl groups excluding tert-OH is 1. The van der Waals surface area contributed by atoms with Crippen LogP contribution in [0, 0.1) is 6.92 Å². The van der Waals surface area contributed by atoms with Gasteiger partial charge in [0.1, 0.15) is 5.82 Å². The molecule has 0 bridgehead atoms. The van der Waals surface area contributed by atoms with E-state index < -0.39 is 0 Å². The zero-order valence-electron chi connectivity index (χ0n) is 10.5. The molecule has 1 heterocycles. The minimum atomic E-state index is -0.0963. The summed E-state index contributed by atoms with van der Waals surface area (Å²) in [6.45, 7) is 1.85. The van der Waals surface area contributed by atoms with Crippen LogP contribution < -0.4 is 0 Å². The Morgan fingerprint density at radius 3 is 2.74 bits per heavy atom. The SMILES string of the molecule is Cc1nc2ccccc2n1-c1cccc(Cl)c1CO. The Bertz CT molecular complexity index is 749. The quantitative estimate of drug-likeness (QED) is 0.776. The molecule has 0 aliphatic carbocycles. The summed E-state index contributed by atoms with van der Waals surface area (Å²) < 4.78 is 2.02. The highest BCUT2D eigenvalue weighted by molar-refractivity contribution is 6.31. The number of halogens is 1. The van der Waals surface area contributed by atoms with Crippen molar-refractivity contribution in [2.75, 3.05) is 0 Å². The first-order valence-corrected chi connectivity index (χ1v) is 6.43. The third-order valence-corrected chi connectivity index (χ3v) is 3.58. The molecule has 0 saturated heterocycles. The molecular weight excluding hydrogens is 260 g/mol. The number of nitrogens with zero attached hydrogens (tertiary/aromatic N) is 2. The van der Waals surface area contributed by atoms with Crippen LogP contribution in [-0.4, -0.2) is 14.7 Å². The zero-order chi connectivity index (χ0) is 13.4. The summed E-state index contributed by atoms with van der Waals surface area (Å²) in [5.74, 6) is 0.873. The lowest BCUT2D eigenvalue weighted by Crippen LogP contribution is -2.02. The lowest BCUT2D eigenvalue weighted by molar-refractivity contribution is 0.281. The number of rotatable bonds is 2. The van der Waals surface area contributed by atoms with Gasteiger partial charge < -0.3 is 5.11 Å². The number of aryl methyl sites for hydroxylation is 1. The average molecular weight is 273 g/mol. The summed E-state index contributed by atoms with van der Waals surface area (Å²) >= 11 is 6.16. The molecule has 3 rings (SSSR count). The fourth-order valence-electron chi connectivity index (χ4n) is 2.36. The summed E-state index contributed by atoms with van der Waals surface area (Å²) in [5.41, 5.74) is 3.54. The third kappa shape index (κ3) is 1.91. The predicted molar refractivity (Wildman–Crippen MR) is 76.7 cm³/mol. The third-order valence-electron chi connectivity index (χ3n) is 3.22. The monoisotopic (exact) mass is 272 g/mol. The van der Waals surface area contributed by atoms with E-state index in [-0.39, 0.29) is 6.61 Å². The molecule has 0 amide bonds. The second-order valence-corrected chi connectivity index (χ2v) is 4.79. The van der Waals surface area contributed by atoms with Gasteiger partial charge in [0.05, 0.1) is 23.3 Å².